The molecule has 1 aromatic carbocycles. The summed E-state index contributed by atoms with van der Waals surface area (Å²) in [5, 5.41) is 12.1. The molecule has 1 aliphatic rings. The molecule has 0 atom stereocenters. The molecule has 0 aromatic heterocycles. The van der Waals surface area contributed by atoms with Crippen molar-refractivity contribution in [1.82, 2.24) is 0 Å². The normalized spacial score (nSPS) is 15.9. The molecular formula is C14H14N2. The van der Waals surface area contributed by atoms with E-state index >= 15 is 0 Å². The van der Waals surface area contributed by atoms with Gasteiger partial charge in [0.15, 0.2) is 0 Å². The lowest BCUT2D eigenvalue weighted by Gasteiger charge is -2.13. The van der Waals surface area contributed by atoms with Gasteiger partial charge in [-0.25, -0.2) is 0 Å². The lowest BCUT2D eigenvalue weighted by Crippen LogP contribution is -2.14. The molecule has 1 N–H and O–H groups in total. The molecule has 1 saturated carbocycles. The first-order valence-corrected chi connectivity index (χ1v) is 5.45. The Bertz CT molecular complexity index is 458. The van der Waals surface area contributed by atoms with E-state index < -0.39 is 0 Å². The standard InChI is InChI=1S/C14H14N2/c1-2-12-4-3-5-13(10-12)16-11-14(6-7-14)8-9-15/h1,3-5,10,16H,6-8,11H2. The Morgan fingerprint density at radius 1 is 1.44 bits per heavy atom. The van der Waals surface area contributed by atoms with Crippen LogP contribution in [0.4, 0.5) is 5.69 Å². The molecular weight excluding hydrogens is 196 g/mol. The highest BCUT2D eigenvalue weighted by atomic mass is 14.9. The van der Waals surface area contributed by atoms with Gasteiger partial charge < -0.3 is 5.32 Å². The summed E-state index contributed by atoms with van der Waals surface area (Å²) < 4.78 is 0. The van der Waals surface area contributed by atoms with Gasteiger partial charge >= 0.3 is 0 Å². The zero-order chi connectivity index (χ0) is 11.4. The van der Waals surface area contributed by atoms with E-state index in [0.29, 0.717) is 6.42 Å². The fourth-order valence-electron chi connectivity index (χ4n) is 1.77. The molecule has 0 heterocycles. The van der Waals surface area contributed by atoms with E-state index in [9.17, 15) is 0 Å². The van der Waals surface area contributed by atoms with Gasteiger partial charge in [-0.1, -0.05) is 12.0 Å². The zero-order valence-electron chi connectivity index (χ0n) is 9.16. The van der Waals surface area contributed by atoms with Gasteiger partial charge in [-0.3, -0.25) is 0 Å². The van der Waals surface area contributed by atoms with Gasteiger partial charge in [0, 0.05) is 29.6 Å². The van der Waals surface area contributed by atoms with Gasteiger partial charge in [-0.15, -0.1) is 6.42 Å². The SMILES string of the molecule is C#Cc1cccc(NCC2(CC#N)CC2)c1. The number of terminal acetylenes is 1. The minimum atomic E-state index is 0.223. The van der Waals surface area contributed by atoms with Crippen LogP contribution in [0.1, 0.15) is 24.8 Å². The lowest BCUT2D eigenvalue weighted by atomic mass is 10.0. The molecule has 0 saturated heterocycles. The quantitative estimate of drug-likeness (QED) is 0.776. The lowest BCUT2D eigenvalue weighted by molar-refractivity contribution is 0.557. The highest BCUT2D eigenvalue weighted by Gasteiger charge is 2.42. The van der Waals surface area contributed by atoms with E-state index in [-0.39, 0.29) is 5.41 Å². The number of nitrogens with zero attached hydrogens (tertiary/aromatic N) is 1. The van der Waals surface area contributed by atoms with Crippen LogP contribution in [0.25, 0.3) is 0 Å². The van der Waals surface area contributed by atoms with Crippen molar-refractivity contribution in [3.8, 4) is 18.4 Å². The summed E-state index contributed by atoms with van der Waals surface area (Å²) in [6.45, 7) is 0.870. The first-order valence-electron chi connectivity index (χ1n) is 5.45. The summed E-state index contributed by atoms with van der Waals surface area (Å²) in [5.41, 5.74) is 2.15. The van der Waals surface area contributed by atoms with Crippen LogP contribution in [-0.2, 0) is 0 Å². The van der Waals surface area contributed by atoms with E-state index in [1.54, 1.807) is 0 Å². The highest BCUT2D eigenvalue weighted by molar-refractivity contribution is 5.50. The number of benzene rings is 1. The minimum Gasteiger partial charge on any atom is -0.384 e. The van der Waals surface area contributed by atoms with Gasteiger partial charge in [0.2, 0.25) is 0 Å². The van der Waals surface area contributed by atoms with Crippen LogP contribution in [0.3, 0.4) is 0 Å². The summed E-state index contributed by atoms with van der Waals surface area (Å²) in [4.78, 5) is 0. The van der Waals surface area contributed by atoms with Crippen LogP contribution in [0.2, 0.25) is 0 Å². The summed E-state index contributed by atoms with van der Waals surface area (Å²) in [6.07, 6.45) is 8.30. The van der Waals surface area contributed by atoms with Crippen LogP contribution >= 0.6 is 0 Å². The van der Waals surface area contributed by atoms with Crippen molar-refractivity contribution in [3.05, 3.63) is 29.8 Å². The molecule has 1 fully saturated rings. The van der Waals surface area contributed by atoms with Gasteiger partial charge in [0.05, 0.1) is 6.07 Å². The van der Waals surface area contributed by atoms with E-state index in [1.165, 1.54) is 0 Å². The second-order valence-corrected chi connectivity index (χ2v) is 4.41. The maximum atomic E-state index is 8.72. The first kappa shape index (κ1) is 10.6. The van der Waals surface area contributed by atoms with Crippen LogP contribution in [0.5, 0.6) is 0 Å². The van der Waals surface area contributed by atoms with Crippen molar-refractivity contribution in [3.63, 3.8) is 0 Å². The molecule has 2 rings (SSSR count). The first-order chi connectivity index (χ1) is 7.78. The van der Waals surface area contributed by atoms with Gasteiger partial charge in [-0.05, 0) is 31.0 Å². The number of nitriles is 1. The third kappa shape index (κ3) is 2.35. The molecule has 0 unspecified atom stereocenters. The second kappa shape index (κ2) is 4.29. The predicted octanol–water partition coefficient (Wildman–Crippen LogP) is 2.77. The van der Waals surface area contributed by atoms with Crippen molar-refractivity contribution in [1.29, 1.82) is 5.26 Å². The number of rotatable bonds is 4. The summed E-state index contributed by atoms with van der Waals surface area (Å²) in [6, 6.07) is 10.1. The fourth-order valence-corrected chi connectivity index (χ4v) is 1.77. The maximum Gasteiger partial charge on any atom is 0.0628 e. The topological polar surface area (TPSA) is 35.8 Å². The van der Waals surface area contributed by atoms with Crippen molar-refractivity contribution in [2.45, 2.75) is 19.3 Å². The van der Waals surface area contributed by atoms with Crippen molar-refractivity contribution < 1.29 is 0 Å². The predicted molar refractivity (Wildman–Crippen MR) is 64.8 cm³/mol. The van der Waals surface area contributed by atoms with E-state index in [0.717, 1.165) is 30.6 Å². The Morgan fingerprint density at radius 2 is 2.25 bits per heavy atom. The van der Waals surface area contributed by atoms with Gasteiger partial charge in [0.25, 0.3) is 0 Å². The smallest absolute Gasteiger partial charge is 0.0628 e. The largest absolute Gasteiger partial charge is 0.384 e. The third-order valence-corrected chi connectivity index (χ3v) is 3.11. The summed E-state index contributed by atoms with van der Waals surface area (Å²) in [5.74, 6) is 2.61. The van der Waals surface area contributed by atoms with Crippen molar-refractivity contribution in [2.24, 2.45) is 5.41 Å². The molecule has 2 nitrogen and oxygen atoms in total. The Morgan fingerprint density at radius 3 is 2.88 bits per heavy atom. The Kier molecular flexibility index (Phi) is 2.84. The second-order valence-electron chi connectivity index (χ2n) is 4.41. The minimum absolute atomic E-state index is 0.223. The molecule has 0 spiro atoms. The number of nitrogens with one attached hydrogen (secondary N) is 1. The number of anilines is 1. The molecule has 0 amide bonds. The van der Waals surface area contributed by atoms with Crippen LogP contribution < -0.4 is 5.32 Å². The zero-order valence-corrected chi connectivity index (χ0v) is 9.16. The molecule has 1 aromatic rings. The highest BCUT2D eigenvalue weighted by Crippen LogP contribution is 2.48. The van der Waals surface area contributed by atoms with E-state index in [1.807, 2.05) is 24.3 Å². The molecule has 1 aliphatic carbocycles. The Balaban J connectivity index is 1.95. The molecule has 80 valence electrons. The molecule has 0 bridgehead atoms. The van der Waals surface area contributed by atoms with E-state index in [2.05, 4.69) is 17.3 Å². The molecule has 2 heteroatoms. The average molecular weight is 210 g/mol. The summed E-state index contributed by atoms with van der Waals surface area (Å²) >= 11 is 0. The van der Waals surface area contributed by atoms with Crippen LogP contribution in [0.15, 0.2) is 24.3 Å². The van der Waals surface area contributed by atoms with Gasteiger partial charge in [0.1, 0.15) is 0 Å². The monoisotopic (exact) mass is 210 g/mol. The Hall–Kier alpha value is -1.93. The van der Waals surface area contributed by atoms with E-state index in [4.69, 9.17) is 11.7 Å². The third-order valence-electron chi connectivity index (χ3n) is 3.11. The van der Waals surface area contributed by atoms with Gasteiger partial charge in [-0.2, -0.15) is 5.26 Å². The van der Waals surface area contributed by atoms with Crippen molar-refractivity contribution in [2.75, 3.05) is 11.9 Å². The van der Waals surface area contributed by atoms with Crippen molar-refractivity contribution >= 4 is 5.69 Å². The average Bonchev–Trinajstić information content (AvgIpc) is 3.08. The Labute approximate surface area is 96.3 Å². The molecule has 16 heavy (non-hydrogen) atoms. The molecule has 0 radical (unpaired) electrons. The fraction of sp³-hybridized carbons (Fsp3) is 0.357. The number of hydrogen-bond acceptors (Lipinski definition) is 2. The summed E-state index contributed by atoms with van der Waals surface area (Å²) in [7, 11) is 0. The van der Waals surface area contributed by atoms with Crippen LogP contribution in [0, 0.1) is 29.1 Å². The molecule has 0 aliphatic heterocycles. The maximum absolute atomic E-state index is 8.72. The number of hydrogen-bond donors (Lipinski definition) is 1. The van der Waals surface area contributed by atoms with Crippen LogP contribution in [-0.4, -0.2) is 6.54 Å².